The van der Waals surface area contributed by atoms with Gasteiger partial charge in [0.15, 0.2) is 0 Å². The van der Waals surface area contributed by atoms with Gasteiger partial charge in [0.1, 0.15) is 5.75 Å². The molecule has 0 saturated carbocycles. The topological polar surface area (TPSA) is 29.5 Å². The molecular formula is C16H18O2. The third-order valence-corrected chi connectivity index (χ3v) is 3.05. The first-order valence-corrected chi connectivity index (χ1v) is 6.16. The van der Waals surface area contributed by atoms with Crippen molar-refractivity contribution in [2.24, 2.45) is 0 Å². The van der Waals surface area contributed by atoms with Crippen molar-refractivity contribution in [1.82, 2.24) is 0 Å². The molecule has 2 aromatic carbocycles. The second-order valence-corrected chi connectivity index (χ2v) is 4.28. The van der Waals surface area contributed by atoms with Gasteiger partial charge in [-0.2, -0.15) is 0 Å². The first-order valence-electron chi connectivity index (χ1n) is 6.16. The molecule has 0 aromatic heterocycles. The van der Waals surface area contributed by atoms with Crippen LogP contribution in [0.15, 0.2) is 54.6 Å². The number of ether oxygens (including phenoxy) is 1. The summed E-state index contributed by atoms with van der Waals surface area (Å²) in [5.74, 6) is 0.748. The Morgan fingerprint density at radius 3 is 2.39 bits per heavy atom. The Balaban J connectivity index is 2.01. The van der Waals surface area contributed by atoms with Crippen molar-refractivity contribution in [3.8, 4) is 5.75 Å². The Bertz CT molecular complexity index is 479. The largest absolute Gasteiger partial charge is 0.496 e. The first-order chi connectivity index (χ1) is 8.81. The minimum absolute atomic E-state index is 0.485. The number of para-hydroxylation sites is 1. The minimum Gasteiger partial charge on any atom is -0.496 e. The fourth-order valence-electron chi connectivity index (χ4n) is 2.05. The number of hydrogen-bond acceptors (Lipinski definition) is 2. The van der Waals surface area contributed by atoms with Crippen LogP contribution in [0.3, 0.4) is 0 Å². The maximum atomic E-state index is 10.2. The Hall–Kier alpha value is -1.80. The highest BCUT2D eigenvalue weighted by Gasteiger charge is 2.12. The molecule has 1 atom stereocenters. The predicted octanol–water partition coefficient (Wildman–Crippen LogP) is 3.36. The minimum atomic E-state index is -0.485. The summed E-state index contributed by atoms with van der Waals surface area (Å²) in [4.78, 5) is 0. The van der Waals surface area contributed by atoms with Gasteiger partial charge in [-0.05, 0) is 24.5 Å². The van der Waals surface area contributed by atoms with Crippen LogP contribution in [-0.4, -0.2) is 12.2 Å². The second kappa shape index (κ2) is 6.22. The maximum Gasteiger partial charge on any atom is 0.124 e. The summed E-state index contributed by atoms with van der Waals surface area (Å²) in [5, 5.41) is 10.2. The fourth-order valence-corrected chi connectivity index (χ4v) is 2.05. The lowest BCUT2D eigenvalue weighted by Gasteiger charge is -2.14. The van der Waals surface area contributed by atoms with Crippen LogP contribution < -0.4 is 4.74 Å². The maximum absolute atomic E-state index is 10.2. The number of hydrogen-bond donors (Lipinski definition) is 1. The smallest absolute Gasteiger partial charge is 0.124 e. The van der Waals surface area contributed by atoms with E-state index in [2.05, 4.69) is 12.1 Å². The molecule has 0 bridgehead atoms. The van der Waals surface area contributed by atoms with E-state index in [1.54, 1.807) is 7.11 Å². The number of methoxy groups -OCH3 is 1. The van der Waals surface area contributed by atoms with Gasteiger partial charge in [0.05, 0.1) is 13.2 Å². The second-order valence-electron chi connectivity index (χ2n) is 4.28. The van der Waals surface area contributed by atoms with Crippen LogP contribution in [0, 0.1) is 0 Å². The molecule has 2 aromatic rings. The van der Waals surface area contributed by atoms with Crippen molar-refractivity contribution >= 4 is 0 Å². The lowest BCUT2D eigenvalue weighted by molar-refractivity contribution is 0.163. The molecule has 2 nitrogen and oxygen atoms in total. The fraction of sp³-hybridized carbons (Fsp3) is 0.250. The number of aliphatic hydroxyl groups is 1. The molecule has 1 N–H and O–H groups in total. The average Bonchev–Trinajstić information content (AvgIpc) is 2.45. The molecule has 0 spiro atoms. The van der Waals surface area contributed by atoms with Crippen molar-refractivity contribution < 1.29 is 9.84 Å². The van der Waals surface area contributed by atoms with Gasteiger partial charge in [0.25, 0.3) is 0 Å². The molecule has 0 aliphatic heterocycles. The van der Waals surface area contributed by atoms with E-state index in [0.717, 1.165) is 17.7 Å². The van der Waals surface area contributed by atoms with Crippen LogP contribution in [0.25, 0.3) is 0 Å². The van der Waals surface area contributed by atoms with Crippen LogP contribution in [0.1, 0.15) is 23.7 Å². The normalized spacial score (nSPS) is 12.1. The average molecular weight is 242 g/mol. The van der Waals surface area contributed by atoms with Gasteiger partial charge in [-0.25, -0.2) is 0 Å². The summed E-state index contributed by atoms with van der Waals surface area (Å²) in [7, 11) is 1.63. The molecule has 2 rings (SSSR count). The van der Waals surface area contributed by atoms with Gasteiger partial charge in [-0.15, -0.1) is 0 Å². The molecule has 94 valence electrons. The van der Waals surface area contributed by atoms with Crippen molar-refractivity contribution in [3.63, 3.8) is 0 Å². The lowest BCUT2D eigenvalue weighted by atomic mass is 10.0. The van der Waals surface area contributed by atoms with Crippen molar-refractivity contribution in [3.05, 3.63) is 65.7 Å². The van der Waals surface area contributed by atoms with E-state index in [0.29, 0.717) is 6.42 Å². The standard InChI is InChI=1S/C16H18O2/c1-18-16-10-6-5-9-14(16)15(17)12-11-13-7-3-2-4-8-13/h2-10,15,17H,11-12H2,1H3/t15-/m1/s1. The monoisotopic (exact) mass is 242 g/mol. The Morgan fingerprint density at radius 2 is 1.67 bits per heavy atom. The molecule has 0 amide bonds. The zero-order valence-electron chi connectivity index (χ0n) is 10.5. The highest BCUT2D eigenvalue weighted by molar-refractivity contribution is 5.35. The van der Waals surface area contributed by atoms with Crippen LogP contribution in [0.4, 0.5) is 0 Å². The van der Waals surface area contributed by atoms with Gasteiger partial charge in [0, 0.05) is 5.56 Å². The summed E-state index contributed by atoms with van der Waals surface area (Å²) < 4.78 is 5.26. The molecule has 0 radical (unpaired) electrons. The zero-order valence-corrected chi connectivity index (χ0v) is 10.5. The molecule has 0 saturated heterocycles. The Kier molecular flexibility index (Phi) is 4.37. The van der Waals surface area contributed by atoms with E-state index < -0.39 is 6.10 Å². The number of aliphatic hydroxyl groups excluding tert-OH is 1. The van der Waals surface area contributed by atoms with Crippen molar-refractivity contribution in [2.75, 3.05) is 7.11 Å². The van der Waals surface area contributed by atoms with Crippen LogP contribution >= 0.6 is 0 Å². The van der Waals surface area contributed by atoms with E-state index in [4.69, 9.17) is 4.74 Å². The number of benzene rings is 2. The van der Waals surface area contributed by atoms with Gasteiger partial charge >= 0.3 is 0 Å². The SMILES string of the molecule is COc1ccccc1[C@H](O)CCc1ccccc1. The van der Waals surface area contributed by atoms with Crippen LogP contribution in [0.2, 0.25) is 0 Å². The number of aryl methyl sites for hydroxylation is 1. The van der Waals surface area contributed by atoms with E-state index in [1.165, 1.54) is 5.56 Å². The highest BCUT2D eigenvalue weighted by Crippen LogP contribution is 2.27. The first kappa shape index (κ1) is 12.7. The molecule has 0 aliphatic carbocycles. The quantitative estimate of drug-likeness (QED) is 0.871. The molecule has 0 aliphatic rings. The summed E-state index contributed by atoms with van der Waals surface area (Å²) >= 11 is 0. The molecular weight excluding hydrogens is 224 g/mol. The third-order valence-electron chi connectivity index (χ3n) is 3.05. The molecule has 0 fully saturated rings. The molecule has 2 heteroatoms. The van der Waals surface area contributed by atoms with E-state index >= 15 is 0 Å². The third kappa shape index (κ3) is 3.11. The van der Waals surface area contributed by atoms with E-state index in [9.17, 15) is 5.11 Å². The molecule has 0 heterocycles. The Labute approximate surface area is 108 Å². The summed E-state index contributed by atoms with van der Waals surface area (Å²) in [6.07, 6.45) is 1.08. The molecule has 18 heavy (non-hydrogen) atoms. The highest BCUT2D eigenvalue weighted by atomic mass is 16.5. The zero-order chi connectivity index (χ0) is 12.8. The van der Waals surface area contributed by atoms with Crippen molar-refractivity contribution in [1.29, 1.82) is 0 Å². The Morgan fingerprint density at radius 1 is 1.00 bits per heavy atom. The lowest BCUT2D eigenvalue weighted by Crippen LogP contribution is -2.02. The van der Waals surface area contributed by atoms with Gasteiger partial charge in [0.2, 0.25) is 0 Å². The number of rotatable bonds is 5. The van der Waals surface area contributed by atoms with Gasteiger partial charge < -0.3 is 9.84 Å². The predicted molar refractivity (Wildman–Crippen MR) is 72.7 cm³/mol. The van der Waals surface area contributed by atoms with E-state index in [-0.39, 0.29) is 0 Å². The van der Waals surface area contributed by atoms with E-state index in [1.807, 2.05) is 42.5 Å². The molecule has 0 unspecified atom stereocenters. The van der Waals surface area contributed by atoms with Crippen LogP contribution in [-0.2, 0) is 6.42 Å². The van der Waals surface area contributed by atoms with Gasteiger partial charge in [-0.1, -0.05) is 48.5 Å². The van der Waals surface area contributed by atoms with Gasteiger partial charge in [-0.3, -0.25) is 0 Å². The summed E-state index contributed by atoms with van der Waals surface area (Å²) in [6, 6.07) is 17.8. The summed E-state index contributed by atoms with van der Waals surface area (Å²) in [5.41, 5.74) is 2.10. The van der Waals surface area contributed by atoms with Crippen LogP contribution in [0.5, 0.6) is 5.75 Å². The van der Waals surface area contributed by atoms with Crippen molar-refractivity contribution in [2.45, 2.75) is 18.9 Å². The summed E-state index contributed by atoms with van der Waals surface area (Å²) in [6.45, 7) is 0.